The molecule has 2 heteroatoms. The summed E-state index contributed by atoms with van der Waals surface area (Å²) in [5.74, 6) is 2.03. The number of hydrogen-bond donors (Lipinski definition) is 1. The quantitative estimate of drug-likeness (QED) is 0.405. The number of rotatable bonds is 12. The van der Waals surface area contributed by atoms with Crippen molar-refractivity contribution in [1.82, 2.24) is 5.32 Å². The van der Waals surface area contributed by atoms with Gasteiger partial charge in [0, 0.05) is 16.7 Å². The maximum Gasteiger partial charge on any atom is 0.0314 e. The molecule has 0 rings (SSSR count). The minimum absolute atomic E-state index is 0.128. The van der Waals surface area contributed by atoms with Crippen LogP contribution in [0.2, 0.25) is 0 Å². The Bertz CT molecular complexity index is 363. The Morgan fingerprint density at radius 3 is 2.22 bits per heavy atom. The van der Waals surface area contributed by atoms with Gasteiger partial charge in [-0.2, -0.15) is 0 Å². The van der Waals surface area contributed by atoms with E-state index in [4.69, 9.17) is 0 Å². The van der Waals surface area contributed by atoms with Crippen molar-refractivity contribution in [2.24, 2.45) is 11.3 Å². The fraction of sp³-hybridized carbons (Fsp3) is 0.810. The van der Waals surface area contributed by atoms with Crippen molar-refractivity contribution in [3.8, 4) is 0 Å². The molecule has 0 saturated carbocycles. The molecule has 0 aliphatic heterocycles. The number of hydrogen-bond acceptors (Lipinski definition) is 2. The molecule has 0 spiro atoms. The lowest BCUT2D eigenvalue weighted by molar-refractivity contribution is 0.325. The topological polar surface area (TPSA) is 12.0 Å². The molecule has 1 atom stereocenters. The smallest absolute Gasteiger partial charge is 0.0314 e. The minimum atomic E-state index is 0.128. The molecule has 0 saturated heterocycles. The van der Waals surface area contributed by atoms with Crippen molar-refractivity contribution in [3.05, 3.63) is 23.8 Å². The highest BCUT2D eigenvalue weighted by atomic mass is 32.2. The minimum Gasteiger partial charge on any atom is -0.384 e. The van der Waals surface area contributed by atoms with Crippen LogP contribution in [-0.2, 0) is 0 Å². The van der Waals surface area contributed by atoms with Gasteiger partial charge in [-0.1, -0.05) is 67.0 Å². The lowest BCUT2D eigenvalue weighted by Crippen LogP contribution is -2.41. The molecular formula is C21H41NS. The normalized spacial score (nSPS) is 13.7. The third-order valence-electron chi connectivity index (χ3n) is 4.34. The van der Waals surface area contributed by atoms with E-state index in [2.05, 4.69) is 66.9 Å². The van der Waals surface area contributed by atoms with Gasteiger partial charge in [0.05, 0.1) is 0 Å². The van der Waals surface area contributed by atoms with Crippen LogP contribution in [0, 0.1) is 11.3 Å². The largest absolute Gasteiger partial charge is 0.384 e. The highest BCUT2D eigenvalue weighted by molar-refractivity contribution is 8.03. The predicted octanol–water partition coefficient (Wildman–Crippen LogP) is 7.16. The van der Waals surface area contributed by atoms with Gasteiger partial charge in [-0.3, -0.25) is 0 Å². The van der Waals surface area contributed by atoms with Gasteiger partial charge in [0.25, 0.3) is 0 Å². The zero-order valence-electron chi connectivity index (χ0n) is 16.8. The fourth-order valence-corrected chi connectivity index (χ4v) is 3.61. The number of thioether (sulfide) groups is 1. The summed E-state index contributed by atoms with van der Waals surface area (Å²) in [5, 5.41) is 3.63. The molecule has 0 bridgehead atoms. The Labute approximate surface area is 150 Å². The van der Waals surface area contributed by atoms with E-state index >= 15 is 0 Å². The van der Waals surface area contributed by atoms with Gasteiger partial charge in [0.2, 0.25) is 0 Å². The second-order valence-electron chi connectivity index (χ2n) is 8.66. The summed E-state index contributed by atoms with van der Waals surface area (Å²) in [6, 6.07) is 0. The summed E-state index contributed by atoms with van der Waals surface area (Å²) < 4.78 is 0. The fourth-order valence-electron chi connectivity index (χ4n) is 2.45. The molecule has 1 unspecified atom stereocenters. The van der Waals surface area contributed by atoms with E-state index < -0.39 is 0 Å². The molecule has 23 heavy (non-hydrogen) atoms. The zero-order chi connectivity index (χ0) is 18.1. The molecule has 0 amide bonds. The molecule has 1 N–H and O–H groups in total. The van der Waals surface area contributed by atoms with Gasteiger partial charge in [0.15, 0.2) is 0 Å². The van der Waals surface area contributed by atoms with Crippen LogP contribution in [0.25, 0.3) is 0 Å². The first-order chi connectivity index (χ1) is 10.5. The first kappa shape index (κ1) is 22.6. The van der Waals surface area contributed by atoms with Crippen LogP contribution in [0.1, 0.15) is 87.0 Å². The van der Waals surface area contributed by atoms with Crippen molar-refractivity contribution >= 4 is 11.8 Å². The van der Waals surface area contributed by atoms with Crippen molar-refractivity contribution in [1.29, 1.82) is 0 Å². The maximum atomic E-state index is 4.20. The third-order valence-corrected chi connectivity index (χ3v) is 5.39. The first-order valence-electron chi connectivity index (χ1n) is 9.26. The van der Waals surface area contributed by atoms with Crippen molar-refractivity contribution in [2.75, 3.05) is 5.75 Å². The second kappa shape index (κ2) is 10.5. The van der Waals surface area contributed by atoms with Crippen LogP contribution in [0.5, 0.6) is 0 Å². The SMILES string of the molecule is C=C(CCC)SCCC(C)CCCC(C)(C)NC(=C)C(C)(C)C. The van der Waals surface area contributed by atoms with Crippen LogP contribution < -0.4 is 5.32 Å². The Kier molecular flexibility index (Phi) is 10.3. The molecule has 136 valence electrons. The summed E-state index contributed by atoms with van der Waals surface area (Å²) in [4.78, 5) is 1.35. The lowest BCUT2D eigenvalue weighted by Gasteiger charge is -2.34. The predicted molar refractivity (Wildman–Crippen MR) is 110 cm³/mol. The molecule has 0 heterocycles. The highest BCUT2D eigenvalue weighted by Crippen LogP contribution is 2.27. The monoisotopic (exact) mass is 339 g/mol. The van der Waals surface area contributed by atoms with E-state index in [1.54, 1.807) is 0 Å². The second-order valence-corrected chi connectivity index (χ2v) is 9.93. The van der Waals surface area contributed by atoms with Gasteiger partial charge < -0.3 is 5.32 Å². The van der Waals surface area contributed by atoms with E-state index in [-0.39, 0.29) is 11.0 Å². The van der Waals surface area contributed by atoms with Gasteiger partial charge in [-0.05, 0) is 49.7 Å². The lowest BCUT2D eigenvalue weighted by atomic mass is 9.88. The molecule has 0 aliphatic carbocycles. The van der Waals surface area contributed by atoms with E-state index in [1.165, 1.54) is 42.8 Å². The molecule has 0 aromatic carbocycles. The number of allylic oxidation sites excluding steroid dienone is 2. The average Bonchev–Trinajstić information content (AvgIpc) is 2.37. The van der Waals surface area contributed by atoms with E-state index in [9.17, 15) is 0 Å². The van der Waals surface area contributed by atoms with Gasteiger partial charge in [0.1, 0.15) is 0 Å². The molecule has 1 nitrogen and oxygen atoms in total. The molecule has 0 fully saturated rings. The molecule has 0 aromatic heterocycles. The summed E-state index contributed by atoms with van der Waals surface area (Å²) >= 11 is 1.96. The standard InChI is InChI=1S/C21H41NS/c1-10-12-18(3)23-16-14-17(2)13-11-15-21(8,9)22-19(4)20(5,6)7/h17,22H,3-4,10-16H2,1-2,5-9H3. The highest BCUT2D eigenvalue weighted by Gasteiger charge is 2.23. The van der Waals surface area contributed by atoms with Crippen LogP contribution in [0.4, 0.5) is 0 Å². The molecule has 0 aliphatic rings. The van der Waals surface area contributed by atoms with Crippen molar-refractivity contribution in [3.63, 3.8) is 0 Å². The van der Waals surface area contributed by atoms with Crippen LogP contribution >= 0.6 is 11.8 Å². The molecule has 0 radical (unpaired) electrons. The summed E-state index contributed by atoms with van der Waals surface area (Å²) in [5.41, 5.74) is 1.40. The summed E-state index contributed by atoms with van der Waals surface area (Å²) in [7, 11) is 0. The Balaban J connectivity index is 3.95. The maximum absolute atomic E-state index is 4.20. The van der Waals surface area contributed by atoms with Crippen LogP contribution in [0.3, 0.4) is 0 Å². The molecule has 0 aromatic rings. The third kappa shape index (κ3) is 11.8. The average molecular weight is 340 g/mol. The van der Waals surface area contributed by atoms with Crippen LogP contribution in [-0.4, -0.2) is 11.3 Å². The van der Waals surface area contributed by atoms with E-state index in [1.807, 2.05) is 11.8 Å². The first-order valence-corrected chi connectivity index (χ1v) is 10.2. The van der Waals surface area contributed by atoms with E-state index in [0.29, 0.717) is 0 Å². The van der Waals surface area contributed by atoms with E-state index in [0.717, 1.165) is 18.0 Å². The zero-order valence-corrected chi connectivity index (χ0v) is 17.7. The summed E-state index contributed by atoms with van der Waals surface area (Å²) in [6.45, 7) is 24.2. The van der Waals surface area contributed by atoms with Crippen molar-refractivity contribution in [2.45, 2.75) is 92.5 Å². The molecular weight excluding hydrogens is 298 g/mol. The van der Waals surface area contributed by atoms with Gasteiger partial charge in [-0.15, -0.1) is 11.8 Å². The summed E-state index contributed by atoms with van der Waals surface area (Å²) in [6.07, 6.45) is 7.46. The Hall–Kier alpha value is -0.370. The van der Waals surface area contributed by atoms with Crippen molar-refractivity contribution < 1.29 is 0 Å². The number of nitrogens with one attached hydrogen (secondary N) is 1. The van der Waals surface area contributed by atoms with Crippen LogP contribution in [0.15, 0.2) is 23.8 Å². The van der Waals surface area contributed by atoms with Gasteiger partial charge in [-0.25, -0.2) is 0 Å². The Morgan fingerprint density at radius 1 is 1.09 bits per heavy atom. The Morgan fingerprint density at radius 2 is 1.70 bits per heavy atom. The van der Waals surface area contributed by atoms with Gasteiger partial charge >= 0.3 is 0 Å².